The third kappa shape index (κ3) is 5.70. The molecule has 2 aliphatic rings. The minimum Gasteiger partial charge on any atom is -0.542 e. The Labute approximate surface area is 225 Å². The highest BCUT2D eigenvalue weighted by Gasteiger charge is 2.63. The SMILES string of the molecule is CC(C)(C)[Si](C)(C)Oc1cc(Cl)cc2c1NC(=O)OC2(C#CC1(O[Si](C)(C)C(C)(C)C)CC1)C(F)(F)F. The van der Waals surface area contributed by atoms with Crippen LogP contribution in [0.2, 0.25) is 41.3 Å². The first-order valence-corrected chi connectivity index (χ1v) is 18.5. The molecule has 1 heterocycles. The van der Waals surface area contributed by atoms with Gasteiger partial charge in [-0.25, -0.2) is 4.79 Å². The van der Waals surface area contributed by atoms with E-state index in [2.05, 4.69) is 37.9 Å². The molecule has 5 nitrogen and oxygen atoms in total. The predicted molar refractivity (Wildman–Crippen MR) is 145 cm³/mol. The van der Waals surface area contributed by atoms with Gasteiger partial charge in [0.25, 0.3) is 13.9 Å². The van der Waals surface area contributed by atoms with Crippen LogP contribution in [0.3, 0.4) is 0 Å². The maximum absolute atomic E-state index is 14.8. The Morgan fingerprint density at radius 2 is 1.51 bits per heavy atom. The molecule has 0 aromatic heterocycles. The van der Waals surface area contributed by atoms with Crippen LogP contribution in [0.5, 0.6) is 5.75 Å². The number of amides is 1. The minimum atomic E-state index is -5.06. The number of cyclic esters (lactones) is 1. The third-order valence-corrected chi connectivity index (χ3v) is 17.0. The van der Waals surface area contributed by atoms with E-state index in [9.17, 15) is 18.0 Å². The normalized spacial score (nSPS) is 21.7. The Hall–Kier alpha value is -1.68. The minimum absolute atomic E-state index is 0.0151. The predicted octanol–water partition coefficient (Wildman–Crippen LogP) is 8.60. The van der Waals surface area contributed by atoms with E-state index in [0.29, 0.717) is 12.8 Å². The van der Waals surface area contributed by atoms with Crippen molar-refractivity contribution in [2.75, 3.05) is 5.32 Å². The van der Waals surface area contributed by atoms with Crippen LogP contribution < -0.4 is 9.74 Å². The lowest BCUT2D eigenvalue weighted by molar-refractivity contribution is -0.239. The molecular weight excluding hydrogens is 539 g/mol. The first-order valence-electron chi connectivity index (χ1n) is 12.3. The number of anilines is 1. The number of carbonyl (C=O) groups excluding carboxylic acids is 1. The summed E-state index contributed by atoms with van der Waals surface area (Å²) >= 11 is 6.31. The van der Waals surface area contributed by atoms with Gasteiger partial charge in [0.2, 0.25) is 0 Å². The van der Waals surface area contributed by atoms with Gasteiger partial charge >= 0.3 is 12.3 Å². The van der Waals surface area contributed by atoms with Crippen molar-refractivity contribution < 1.29 is 31.6 Å². The largest absolute Gasteiger partial charge is 0.542 e. The fraction of sp³-hybridized carbons (Fsp3) is 0.654. The number of halogens is 4. The van der Waals surface area contributed by atoms with Crippen molar-refractivity contribution >= 4 is 40.0 Å². The molecule has 0 radical (unpaired) electrons. The highest BCUT2D eigenvalue weighted by molar-refractivity contribution is 6.75. The molecule has 1 aliphatic carbocycles. The molecule has 1 aromatic carbocycles. The van der Waals surface area contributed by atoms with Gasteiger partial charge in [-0.2, -0.15) is 13.2 Å². The van der Waals surface area contributed by atoms with Crippen LogP contribution in [0.15, 0.2) is 12.1 Å². The van der Waals surface area contributed by atoms with Gasteiger partial charge in [-0.15, -0.1) is 0 Å². The van der Waals surface area contributed by atoms with E-state index >= 15 is 0 Å². The maximum atomic E-state index is 14.8. The van der Waals surface area contributed by atoms with Gasteiger partial charge in [0.1, 0.15) is 11.4 Å². The van der Waals surface area contributed by atoms with Gasteiger partial charge in [-0.1, -0.05) is 59.1 Å². The van der Waals surface area contributed by atoms with Crippen LogP contribution >= 0.6 is 11.6 Å². The van der Waals surface area contributed by atoms with Crippen LogP contribution in [-0.4, -0.2) is 34.5 Å². The summed E-state index contributed by atoms with van der Waals surface area (Å²) in [6, 6.07) is 2.55. The van der Waals surface area contributed by atoms with Crippen molar-refractivity contribution in [1.82, 2.24) is 0 Å². The van der Waals surface area contributed by atoms with E-state index in [1.165, 1.54) is 6.07 Å². The quantitative estimate of drug-likeness (QED) is 0.288. The van der Waals surface area contributed by atoms with Crippen LogP contribution in [-0.2, 0) is 14.8 Å². The molecule has 0 spiro atoms. The zero-order valence-corrected chi connectivity index (χ0v) is 26.0. The van der Waals surface area contributed by atoms with Crippen molar-refractivity contribution in [1.29, 1.82) is 0 Å². The average Bonchev–Trinajstić information content (AvgIpc) is 3.42. The van der Waals surface area contributed by atoms with Crippen LogP contribution in [0.25, 0.3) is 0 Å². The van der Waals surface area contributed by atoms with E-state index < -0.39 is 45.7 Å². The molecule has 1 amide bonds. The number of fused-ring (bicyclic) bond motifs is 1. The molecule has 1 unspecified atom stereocenters. The van der Waals surface area contributed by atoms with Gasteiger partial charge in [0.15, 0.2) is 8.32 Å². The molecule has 1 aromatic rings. The Morgan fingerprint density at radius 3 is 1.97 bits per heavy atom. The molecule has 37 heavy (non-hydrogen) atoms. The molecule has 3 rings (SSSR count). The van der Waals surface area contributed by atoms with E-state index in [-0.39, 0.29) is 26.5 Å². The first kappa shape index (κ1) is 29.9. The van der Waals surface area contributed by atoms with Crippen LogP contribution in [0.1, 0.15) is 59.9 Å². The lowest BCUT2D eigenvalue weighted by atomic mass is 9.89. The number of alkyl halides is 3. The summed E-state index contributed by atoms with van der Waals surface area (Å²) in [5, 5.41) is 2.03. The number of benzene rings is 1. The summed E-state index contributed by atoms with van der Waals surface area (Å²) < 4.78 is 62.3. The summed E-state index contributed by atoms with van der Waals surface area (Å²) in [4.78, 5) is 12.6. The summed E-state index contributed by atoms with van der Waals surface area (Å²) in [5.74, 6) is 5.14. The summed E-state index contributed by atoms with van der Waals surface area (Å²) in [7, 11) is -4.83. The molecule has 11 heteroatoms. The Morgan fingerprint density at radius 1 is 0.973 bits per heavy atom. The highest BCUT2D eigenvalue weighted by atomic mass is 35.5. The fourth-order valence-electron chi connectivity index (χ4n) is 3.40. The molecule has 206 valence electrons. The standard InChI is InChI=1S/C26H37ClF3NO4Si2/c1-22(2,3)36(7,8)34-19-16-17(27)15-18-20(19)31-21(32)33-25(18,26(28,29)30)14-13-24(11-12-24)35-37(9,10)23(4,5)6/h15-16H,11-12H2,1-10H3,(H,31,32). The van der Waals surface area contributed by atoms with Crippen molar-refractivity contribution in [2.24, 2.45) is 0 Å². The van der Waals surface area contributed by atoms with Crippen molar-refractivity contribution in [2.45, 2.75) is 108 Å². The van der Waals surface area contributed by atoms with Crippen LogP contribution in [0.4, 0.5) is 23.7 Å². The fourth-order valence-corrected chi connectivity index (χ4v) is 6.17. The van der Waals surface area contributed by atoms with Gasteiger partial charge in [0, 0.05) is 10.6 Å². The van der Waals surface area contributed by atoms with Gasteiger partial charge < -0.3 is 13.6 Å². The number of nitrogens with one attached hydrogen (secondary N) is 1. The van der Waals surface area contributed by atoms with Crippen molar-refractivity contribution in [3.63, 3.8) is 0 Å². The summed E-state index contributed by atoms with van der Waals surface area (Å²) in [6.45, 7) is 20.1. The number of rotatable bonds is 4. The van der Waals surface area contributed by atoms with Crippen LogP contribution in [0, 0.1) is 11.8 Å². The lowest BCUT2D eigenvalue weighted by Gasteiger charge is -2.40. The average molecular weight is 576 g/mol. The Bertz CT molecular complexity index is 1160. The molecule has 1 atom stereocenters. The molecule has 1 saturated carbocycles. The Balaban J connectivity index is 2.19. The first-order chi connectivity index (χ1) is 16.5. The topological polar surface area (TPSA) is 56.8 Å². The second-order valence-corrected chi connectivity index (χ2v) is 22.9. The van der Waals surface area contributed by atoms with Gasteiger partial charge in [-0.3, -0.25) is 5.32 Å². The van der Waals surface area contributed by atoms with Crippen molar-refractivity contribution in [3.8, 4) is 17.6 Å². The highest BCUT2D eigenvalue weighted by Crippen LogP contribution is 2.53. The molecule has 1 aliphatic heterocycles. The monoisotopic (exact) mass is 575 g/mol. The second kappa shape index (κ2) is 8.93. The van der Waals surface area contributed by atoms with Crippen molar-refractivity contribution in [3.05, 3.63) is 22.7 Å². The van der Waals surface area contributed by atoms with E-state index in [1.54, 1.807) is 0 Å². The zero-order chi connectivity index (χ0) is 28.5. The zero-order valence-electron chi connectivity index (χ0n) is 23.2. The number of ether oxygens (including phenoxy) is 1. The third-order valence-electron chi connectivity index (χ3n) is 7.92. The number of hydrogen-bond donors (Lipinski definition) is 1. The van der Waals surface area contributed by atoms with Gasteiger partial charge in [-0.05, 0) is 67.2 Å². The molecular formula is C26H37ClF3NO4Si2. The molecule has 0 bridgehead atoms. The van der Waals surface area contributed by atoms with E-state index in [1.807, 2.05) is 47.0 Å². The smallest absolute Gasteiger partial charge is 0.445 e. The lowest BCUT2D eigenvalue weighted by Crippen LogP contribution is -2.50. The maximum Gasteiger partial charge on any atom is 0.445 e. The second-order valence-electron chi connectivity index (χ2n) is 13.0. The van der Waals surface area contributed by atoms with E-state index in [4.69, 9.17) is 25.2 Å². The number of carbonyl (C=O) groups is 1. The molecule has 1 fully saturated rings. The Kier molecular flexibility index (Phi) is 7.21. The summed E-state index contributed by atoms with van der Waals surface area (Å²) in [5.41, 5.74) is -4.77. The van der Waals surface area contributed by atoms with Gasteiger partial charge in [0.05, 0.1) is 5.69 Å². The van der Waals surface area contributed by atoms with E-state index in [0.717, 1.165) is 6.07 Å². The molecule has 0 saturated heterocycles. The summed E-state index contributed by atoms with van der Waals surface area (Å²) in [6.07, 6.45) is -5.31. The number of hydrogen-bond acceptors (Lipinski definition) is 4. The molecule has 1 N–H and O–H groups in total.